The molecule has 0 aromatic carbocycles. The zero-order valence-electron chi connectivity index (χ0n) is 13.6. The van der Waals surface area contributed by atoms with Gasteiger partial charge in [-0.3, -0.25) is 9.48 Å². The molecule has 0 radical (unpaired) electrons. The number of amides is 1. The van der Waals surface area contributed by atoms with E-state index in [2.05, 4.69) is 10.4 Å². The second-order valence-corrected chi connectivity index (χ2v) is 9.02. The number of nitrogens with zero attached hydrogens (tertiary/aromatic N) is 3. The quantitative estimate of drug-likeness (QED) is 0.819. The van der Waals surface area contributed by atoms with Crippen LogP contribution in [0, 0.1) is 0 Å². The van der Waals surface area contributed by atoms with Gasteiger partial charge in [-0.05, 0) is 45.8 Å². The zero-order valence-corrected chi connectivity index (χ0v) is 14.4. The van der Waals surface area contributed by atoms with E-state index < -0.39 is 20.6 Å². The molecule has 2 atom stereocenters. The minimum atomic E-state index is -3.11. The predicted octanol–water partition coefficient (Wildman–Crippen LogP) is -0.00420. The fourth-order valence-electron chi connectivity index (χ4n) is 3.63. The highest BCUT2D eigenvalue weighted by molar-refractivity contribution is 7.92. The summed E-state index contributed by atoms with van der Waals surface area (Å²) in [6.07, 6.45) is 4.84. The summed E-state index contributed by atoms with van der Waals surface area (Å²) in [5.41, 5.74) is -0.705. The van der Waals surface area contributed by atoms with Crippen LogP contribution in [0.2, 0.25) is 0 Å². The van der Waals surface area contributed by atoms with Gasteiger partial charge in [0.25, 0.3) is 5.91 Å². The second-order valence-electron chi connectivity index (χ2n) is 6.54. The fraction of sp³-hybridized carbons (Fsp3) is 0.733. The van der Waals surface area contributed by atoms with Crippen LogP contribution in [-0.2, 0) is 20.2 Å². The van der Waals surface area contributed by atoms with Crippen molar-refractivity contribution in [3.8, 4) is 0 Å². The highest BCUT2D eigenvalue weighted by atomic mass is 32.2. The standard InChI is InChI=1S/C15H24N4O3S/c1-12-13(2)23(21,22)11-10-18(12)14(20)15(4-7-16-8-5-15)19-9-3-6-17-19/h3,6,9,12-13,16H,4-5,7-8,10-11H2,1-2H3. The van der Waals surface area contributed by atoms with Crippen LogP contribution in [0.15, 0.2) is 18.5 Å². The average molecular weight is 340 g/mol. The van der Waals surface area contributed by atoms with Gasteiger partial charge in [-0.2, -0.15) is 5.10 Å². The maximum Gasteiger partial charge on any atom is 0.250 e. The van der Waals surface area contributed by atoms with Crippen molar-refractivity contribution in [2.75, 3.05) is 25.4 Å². The molecule has 1 aromatic rings. The number of sulfone groups is 1. The lowest BCUT2D eigenvalue weighted by molar-refractivity contribution is -0.145. The molecule has 23 heavy (non-hydrogen) atoms. The first-order valence-electron chi connectivity index (χ1n) is 8.12. The molecule has 0 bridgehead atoms. The SMILES string of the molecule is CC1C(C)S(=O)(=O)CCN1C(=O)C1(n2cccn2)CCNCC1. The first-order chi connectivity index (χ1) is 10.9. The molecular weight excluding hydrogens is 316 g/mol. The lowest BCUT2D eigenvalue weighted by atomic mass is 9.86. The Hall–Kier alpha value is -1.41. The summed E-state index contributed by atoms with van der Waals surface area (Å²) in [6.45, 7) is 5.30. The summed E-state index contributed by atoms with van der Waals surface area (Å²) in [4.78, 5) is 15.1. The van der Waals surface area contributed by atoms with Crippen molar-refractivity contribution in [1.29, 1.82) is 0 Å². The van der Waals surface area contributed by atoms with Crippen molar-refractivity contribution in [2.45, 2.75) is 43.5 Å². The van der Waals surface area contributed by atoms with E-state index in [1.54, 1.807) is 22.7 Å². The molecule has 3 rings (SSSR count). The Bertz CT molecular complexity index is 665. The number of carbonyl (C=O) groups excluding carboxylic acids is 1. The van der Waals surface area contributed by atoms with E-state index in [-0.39, 0.29) is 24.2 Å². The van der Waals surface area contributed by atoms with Crippen molar-refractivity contribution < 1.29 is 13.2 Å². The van der Waals surface area contributed by atoms with Crippen molar-refractivity contribution >= 4 is 15.7 Å². The van der Waals surface area contributed by atoms with Gasteiger partial charge in [-0.15, -0.1) is 0 Å². The van der Waals surface area contributed by atoms with E-state index in [9.17, 15) is 13.2 Å². The number of hydrogen-bond donors (Lipinski definition) is 1. The first-order valence-corrected chi connectivity index (χ1v) is 9.83. The van der Waals surface area contributed by atoms with Gasteiger partial charge in [0, 0.05) is 25.0 Å². The largest absolute Gasteiger partial charge is 0.336 e. The molecule has 2 saturated heterocycles. The van der Waals surface area contributed by atoms with Crippen LogP contribution in [0.25, 0.3) is 0 Å². The van der Waals surface area contributed by atoms with Gasteiger partial charge >= 0.3 is 0 Å². The van der Waals surface area contributed by atoms with Crippen LogP contribution in [0.3, 0.4) is 0 Å². The minimum Gasteiger partial charge on any atom is -0.336 e. The molecule has 2 unspecified atom stereocenters. The average Bonchev–Trinajstić information content (AvgIpc) is 3.08. The summed E-state index contributed by atoms with van der Waals surface area (Å²) in [5.74, 6) is 0.0365. The number of aromatic nitrogens is 2. The van der Waals surface area contributed by atoms with Gasteiger partial charge in [0.15, 0.2) is 9.84 Å². The van der Waals surface area contributed by atoms with Crippen LogP contribution >= 0.6 is 0 Å². The normalized spacial score (nSPS) is 30.1. The third-order valence-corrected chi connectivity index (χ3v) is 7.67. The molecule has 2 aliphatic rings. The molecule has 2 aliphatic heterocycles. The summed E-state index contributed by atoms with van der Waals surface area (Å²) < 4.78 is 25.9. The Labute approximate surface area is 137 Å². The molecule has 128 valence electrons. The topological polar surface area (TPSA) is 84.3 Å². The first kappa shape index (κ1) is 16.4. The zero-order chi connectivity index (χ0) is 16.7. The Morgan fingerprint density at radius 2 is 2.00 bits per heavy atom. The molecule has 0 spiro atoms. The summed E-state index contributed by atoms with van der Waals surface area (Å²) in [5, 5.41) is 7.08. The van der Waals surface area contributed by atoms with E-state index in [1.165, 1.54) is 0 Å². The van der Waals surface area contributed by atoms with Crippen LogP contribution in [0.4, 0.5) is 0 Å². The summed E-state index contributed by atoms with van der Waals surface area (Å²) >= 11 is 0. The molecule has 1 aromatic heterocycles. The lowest BCUT2D eigenvalue weighted by Crippen LogP contribution is -2.62. The third kappa shape index (κ3) is 2.67. The minimum absolute atomic E-state index is 0.00282. The Balaban J connectivity index is 1.93. The van der Waals surface area contributed by atoms with Crippen molar-refractivity contribution in [1.82, 2.24) is 20.0 Å². The molecular formula is C15H24N4O3S. The molecule has 2 fully saturated rings. The van der Waals surface area contributed by atoms with Crippen LogP contribution in [0.5, 0.6) is 0 Å². The maximum atomic E-state index is 13.4. The molecule has 7 nitrogen and oxygen atoms in total. The predicted molar refractivity (Wildman–Crippen MR) is 86.7 cm³/mol. The van der Waals surface area contributed by atoms with Gasteiger partial charge in [0.2, 0.25) is 0 Å². The van der Waals surface area contributed by atoms with Gasteiger partial charge in [-0.25, -0.2) is 8.42 Å². The second kappa shape index (κ2) is 5.90. The smallest absolute Gasteiger partial charge is 0.250 e. The van der Waals surface area contributed by atoms with Gasteiger partial charge in [0.05, 0.1) is 11.0 Å². The lowest BCUT2D eigenvalue weighted by Gasteiger charge is -2.45. The van der Waals surface area contributed by atoms with Crippen molar-refractivity contribution in [3.63, 3.8) is 0 Å². The van der Waals surface area contributed by atoms with E-state index in [0.717, 1.165) is 13.1 Å². The number of hydrogen-bond acceptors (Lipinski definition) is 5. The van der Waals surface area contributed by atoms with E-state index in [1.807, 2.05) is 19.2 Å². The highest BCUT2D eigenvalue weighted by Crippen LogP contribution is 2.32. The summed E-state index contributed by atoms with van der Waals surface area (Å²) in [6, 6.07) is 1.51. The van der Waals surface area contributed by atoms with E-state index >= 15 is 0 Å². The molecule has 3 heterocycles. The molecule has 8 heteroatoms. The van der Waals surface area contributed by atoms with Gasteiger partial charge in [-0.1, -0.05) is 0 Å². The maximum absolute atomic E-state index is 13.4. The van der Waals surface area contributed by atoms with Crippen molar-refractivity contribution in [3.05, 3.63) is 18.5 Å². The van der Waals surface area contributed by atoms with Gasteiger partial charge in [0.1, 0.15) is 5.54 Å². The number of piperidine rings is 1. The number of rotatable bonds is 2. The fourth-order valence-corrected chi connectivity index (χ4v) is 5.20. The monoisotopic (exact) mass is 340 g/mol. The number of carbonyl (C=O) groups is 1. The molecule has 1 amide bonds. The van der Waals surface area contributed by atoms with E-state index in [4.69, 9.17) is 0 Å². The molecule has 1 N–H and O–H groups in total. The number of nitrogens with one attached hydrogen (secondary N) is 1. The highest BCUT2D eigenvalue weighted by Gasteiger charge is 2.48. The van der Waals surface area contributed by atoms with Gasteiger partial charge < -0.3 is 10.2 Å². The third-order valence-electron chi connectivity index (χ3n) is 5.39. The van der Waals surface area contributed by atoms with Crippen LogP contribution in [0.1, 0.15) is 26.7 Å². The molecule has 0 aliphatic carbocycles. The Morgan fingerprint density at radius 1 is 1.30 bits per heavy atom. The van der Waals surface area contributed by atoms with Crippen LogP contribution in [-0.4, -0.2) is 65.7 Å². The van der Waals surface area contributed by atoms with Crippen LogP contribution < -0.4 is 5.32 Å². The van der Waals surface area contributed by atoms with Crippen molar-refractivity contribution in [2.24, 2.45) is 0 Å². The Kier molecular flexibility index (Phi) is 4.22. The summed E-state index contributed by atoms with van der Waals surface area (Å²) in [7, 11) is -3.11. The van der Waals surface area contributed by atoms with E-state index in [0.29, 0.717) is 12.8 Å². The Morgan fingerprint density at radius 3 is 2.61 bits per heavy atom. The molecule has 0 saturated carbocycles.